The molecule has 0 unspecified atom stereocenters. The molecule has 164 valence electrons. The molecule has 0 radical (unpaired) electrons. The summed E-state index contributed by atoms with van der Waals surface area (Å²) in [5.41, 5.74) is 1.53. The molecule has 1 aromatic heterocycles. The predicted octanol–water partition coefficient (Wildman–Crippen LogP) is 2.63. The second-order valence-electron chi connectivity index (χ2n) is 9.34. The lowest BCUT2D eigenvalue weighted by Crippen LogP contribution is -2.48. The first-order valence-corrected chi connectivity index (χ1v) is 12.3. The second kappa shape index (κ2) is 7.31. The molecular weight excluding hydrogens is 412 g/mol. The van der Waals surface area contributed by atoms with Crippen LogP contribution in [-0.2, 0) is 20.2 Å². The Labute approximate surface area is 183 Å². The molecular formula is C23H28N4O3S. The molecule has 3 heterocycles. The molecule has 8 heteroatoms. The number of aromatic nitrogens is 1. The highest BCUT2D eigenvalue weighted by atomic mass is 32.2. The molecule has 2 aliphatic heterocycles. The Balaban J connectivity index is 1.37. The molecule has 0 atom stereocenters. The van der Waals surface area contributed by atoms with Gasteiger partial charge in [-0.1, -0.05) is 19.9 Å². The highest BCUT2D eigenvalue weighted by Gasteiger charge is 2.43. The summed E-state index contributed by atoms with van der Waals surface area (Å²) in [5.74, 6) is 1.19. The molecule has 1 aliphatic carbocycles. The fourth-order valence-corrected chi connectivity index (χ4v) is 6.06. The van der Waals surface area contributed by atoms with Gasteiger partial charge in [0.2, 0.25) is 15.9 Å². The summed E-state index contributed by atoms with van der Waals surface area (Å²) in [4.78, 5) is 21.4. The first kappa shape index (κ1) is 20.5. The molecule has 5 rings (SSSR count). The fraction of sp³-hybridized carbons (Fsp3) is 0.478. The highest BCUT2D eigenvalue weighted by molar-refractivity contribution is 7.89. The standard InChI is InChI=1S/C23H28N4O3S/c1-23(2)16-27(22(28)17-6-7-17)20-9-8-18(15-19(20)23)31(29,30)26-13-11-25(12-14-26)21-5-3-4-10-24-21/h3-5,8-10,15,17H,6-7,11-14,16H2,1-2H3. The van der Waals surface area contributed by atoms with E-state index < -0.39 is 10.0 Å². The molecule has 1 saturated heterocycles. The van der Waals surface area contributed by atoms with Crippen molar-refractivity contribution in [3.63, 3.8) is 0 Å². The number of nitrogens with zero attached hydrogens (tertiary/aromatic N) is 4. The Morgan fingerprint density at radius 2 is 1.81 bits per heavy atom. The Kier molecular flexibility index (Phi) is 4.82. The lowest BCUT2D eigenvalue weighted by Gasteiger charge is -2.34. The summed E-state index contributed by atoms with van der Waals surface area (Å²) >= 11 is 0. The topological polar surface area (TPSA) is 73.8 Å². The van der Waals surface area contributed by atoms with E-state index in [0.717, 1.165) is 29.9 Å². The van der Waals surface area contributed by atoms with Crippen molar-refractivity contribution in [1.82, 2.24) is 9.29 Å². The Morgan fingerprint density at radius 3 is 2.45 bits per heavy atom. The normalized spacial score (nSPS) is 21.2. The third-order valence-corrected chi connectivity index (χ3v) is 8.48. The Morgan fingerprint density at radius 1 is 1.06 bits per heavy atom. The van der Waals surface area contributed by atoms with Crippen LogP contribution in [0.1, 0.15) is 32.3 Å². The number of rotatable bonds is 4. The van der Waals surface area contributed by atoms with Gasteiger partial charge in [-0.25, -0.2) is 13.4 Å². The molecule has 7 nitrogen and oxygen atoms in total. The number of piperazine rings is 1. The Bertz CT molecular complexity index is 1100. The molecule has 2 fully saturated rings. The van der Waals surface area contributed by atoms with E-state index in [9.17, 15) is 13.2 Å². The maximum atomic E-state index is 13.4. The zero-order valence-corrected chi connectivity index (χ0v) is 18.8. The first-order chi connectivity index (χ1) is 14.8. The van der Waals surface area contributed by atoms with Crippen molar-refractivity contribution in [2.24, 2.45) is 5.92 Å². The average Bonchev–Trinajstić information content (AvgIpc) is 3.59. The quantitative estimate of drug-likeness (QED) is 0.731. The first-order valence-electron chi connectivity index (χ1n) is 10.9. The van der Waals surface area contributed by atoms with Crippen LogP contribution in [0.3, 0.4) is 0 Å². The lowest BCUT2D eigenvalue weighted by molar-refractivity contribution is -0.119. The zero-order valence-electron chi connectivity index (χ0n) is 18.0. The van der Waals surface area contributed by atoms with Gasteiger partial charge in [0.15, 0.2) is 0 Å². The number of anilines is 2. The van der Waals surface area contributed by atoms with Crippen molar-refractivity contribution < 1.29 is 13.2 Å². The van der Waals surface area contributed by atoms with Crippen LogP contribution < -0.4 is 9.80 Å². The lowest BCUT2D eigenvalue weighted by atomic mass is 9.87. The molecule has 1 aromatic carbocycles. The van der Waals surface area contributed by atoms with E-state index in [2.05, 4.69) is 23.7 Å². The molecule has 1 saturated carbocycles. The summed E-state index contributed by atoms with van der Waals surface area (Å²) in [6, 6.07) is 11.0. The number of pyridine rings is 1. The van der Waals surface area contributed by atoms with Crippen LogP contribution in [-0.4, -0.2) is 56.3 Å². The van der Waals surface area contributed by atoms with Gasteiger partial charge in [-0.2, -0.15) is 4.31 Å². The van der Waals surface area contributed by atoms with E-state index in [1.807, 2.05) is 29.2 Å². The van der Waals surface area contributed by atoms with E-state index in [0.29, 0.717) is 37.6 Å². The van der Waals surface area contributed by atoms with Crippen LogP contribution in [0.5, 0.6) is 0 Å². The number of benzene rings is 1. The van der Waals surface area contributed by atoms with Crippen LogP contribution >= 0.6 is 0 Å². The minimum absolute atomic E-state index is 0.139. The molecule has 2 aromatic rings. The van der Waals surface area contributed by atoms with Crippen molar-refractivity contribution in [3.8, 4) is 0 Å². The number of sulfonamides is 1. The minimum atomic E-state index is -3.60. The van der Waals surface area contributed by atoms with Crippen LogP contribution in [0.15, 0.2) is 47.5 Å². The monoisotopic (exact) mass is 440 g/mol. The highest BCUT2D eigenvalue weighted by Crippen LogP contribution is 2.44. The van der Waals surface area contributed by atoms with Gasteiger partial charge >= 0.3 is 0 Å². The smallest absolute Gasteiger partial charge is 0.243 e. The number of amides is 1. The van der Waals surface area contributed by atoms with Crippen LogP contribution in [0.4, 0.5) is 11.5 Å². The van der Waals surface area contributed by atoms with Gasteiger partial charge in [0.1, 0.15) is 5.82 Å². The van der Waals surface area contributed by atoms with Gasteiger partial charge in [-0.05, 0) is 48.7 Å². The van der Waals surface area contributed by atoms with Gasteiger partial charge in [-0.15, -0.1) is 0 Å². The fourth-order valence-electron chi connectivity index (χ4n) is 4.61. The molecule has 31 heavy (non-hydrogen) atoms. The van der Waals surface area contributed by atoms with E-state index in [-0.39, 0.29) is 17.2 Å². The molecule has 0 spiro atoms. The predicted molar refractivity (Wildman–Crippen MR) is 120 cm³/mol. The molecule has 0 N–H and O–H groups in total. The minimum Gasteiger partial charge on any atom is -0.354 e. The van der Waals surface area contributed by atoms with Crippen LogP contribution in [0.25, 0.3) is 0 Å². The van der Waals surface area contributed by atoms with Gasteiger partial charge in [0.05, 0.1) is 4.90 Å². The summed E-state index contributed by atoms with van der Waals surface area (Å²) in [6.07, 6.45) is 3.67. The van der Waals surface area contributed by atoms with Gasteiger partial charge in [0.25, 0.3) is 0 Å². The van der Waals surface area contributed by atoms with Crippen molar-refractivity contribution in [3.05, 3.63) is 48.2 Å². The number of hydrogen-bond donors (Lipinski definition) is 0. The number of carbonyl (C=O) groups is 1. The maximum absolute atomic E-state index is 13.4. The second-order valence-corrected chi connectivity index (χ2v) is 11.3. The maximum Gasteiger partial charge on any atom is 0.243 e. The number of hydrogen-bond acceptors (Lipinski definition) is 5. The van der Waals surface area contributed by atoms with Crippen molar-refractivity contribution in [2.45, 2.75) is 37.0 Å². The van der Waals surface area contributed by atoms with Gasteiger partial charge in [-0.3, -0.25) is 4.79 Å². The van der Waals surface area contributed by atoms with E-state index in [1.54, 1.807) is 22.6 Å². The largest absolute Gasteiger partial charge is 0.354 e. The summed E-state index contributed by atoms with van der Waals surface area (Å²) in [5, 5.41) is 0. The van der Waals surface area contributed by atoms with Crippen molar-refractivity contribution >= 4 is 27.4 Å². The van der Waals surface area contributed by atoms with Crippen molar-refractivity contribution in [1.29, 1.82) is 0 Å². The summed E-state index contributed by atoms with van der Waals surface area (Å²) in [6.45, 7) is 6.82. The third kappa shape index (κ3) is 3.61. The van der Waals surface area contributed by atoms with E-state index in [1.165, 1.54) is 0 Å². The van der Waals surface area contributed by atoms with E-state index >= 15 is 0 Å². The molecule has 1 amide bonds. The summed E-state index contributed by atoms with van der Waals surface area (Å²) < 4.78 is 28.3. The van der Waals surface area contributed by atoms with Crippen LogP contribution in [0, 0.1) is 5.92 Å². The van der Waals surface area contributed by atoms with Gasteiger partial charge < -0.3 is 9.80 Å². The van der Waals surface area contributed by atoms with Crippen molar-refractivity contribution in [2.75, 3.05) is 42.5 Å². The van der Waals surface area contributed by atoms with Crippen LogP contribution in [0.2, 0.25) is 0 Å². The SMILES string of the molecule is CC1(C)CN(C(=O)C2CC2)c2ccc(S(=O)(=O)N3CCN(c4ccccn4)CC3)cc21. The average molecular weight is 441 g/mol. The van der Waals surface area contributed by atoms with Gasteiger partial charge in [0, 0.05) is 55.9 Å². The zero-order chi connectivity index (χ0) is 21.8. The third-order valence-electron chi connectivity index (χ3n) is 6.58. The number of carbonyl (C=O) groups excluding carboxylic acids is 1. The number of fused-ring (bicyclic) bond motifs is 1. The summed E-state index contributed by atoms with van der Waals surface area (Å²) in [7, 11) is -3.60. The molecule has 3 aliphatic rings. The Hall–Kier alpha value is -2.45. The van der Waals surface area contributed by atoms with E-state index in [4.69, 9.17) is 0 Å². The molecule has 0 bridgehead atoms.